The molecule has 0 bridgehead atoms. The second-order valence-corrected chi connectivity index (χ2v) is 5.50. The third-order valence-corrected chi connectivity index (χ3v) is 4.05. The van der Waals surface area contributed by atoms with Crippen LogP contribution < -0.4 is 10.2 Å². The molecule has 1 atom stereocenters. The first-order valence-corrected chi connectivity index (χ1v) is 7.65. The molecule has 1 heterocycles. The van der Waals surface area contributed by atoms with Crippen molar-refractivity contribution in [3.63, 3.8) is 0 Å². The summed E-state index contributed by atoms with van der Waals surface area (Å²) in [6.45, 7) is 0.276. The van der Waals surface area contributed by atoms with Crippen molar-refractivity contribution in [2.45, 2.75) is 12.5 Å². The number of aromatic nitrogens is 1. The molecule has 0 saturated carbocycles. The van der Waals surface area contributed by atoms with E-state index >= 15 is 0 Å². The van der Waals surface area contributed by atoms with Crippen molar-refractivity contribution < 1.29 is 9.90 Å². The number of hydrogen-bond donors (Lipinski definition) is 2. The van der Waals surface area contributed by atoms with Crippen LogP contribution in [-0.4, -0.2) is 36.2 Å². The van der Waals surface area contributed by atoms with E-state index in [0.29, 0.717) is 11.6 Å². The Morgan fingerprint density at radius 1 is 1.43 bits per heavy atom. The standard InChI is InChI=1S/C15H19N3O2S/c1-18(15-16-8-10-21-15)14(20)11-17-13(7-9-19)12-5-3-2-4-6-12/h2-6,8,10,13,17,19H,7,9,11H2,1H3. The first kappa shape index (κ1) is 15.6. The van der Waals surface area contributed by atoms with Gasteiger partial charge in [0.15, 0.2) is 5.13 Å². The van der Waals surface area contributed by atoms with E-state index in [0.717, 1.165) is 5.56 Å². The normalized spacial score (nSPS) is 12.1. The maximum atomic E-state index is 12.1. The van der Waals surface area contributed by atoms with Crippen molar-refractivity contribution in [1.82, 2.24) is 10.3 Å². The number of anilines is 1. The number of nitrogens with zero attached hydrogens (tertiary/aromatic N) is 2. The van der Waals surface area contributed by atoms with Crippen LogP contribution in [0, 0.1) is 0 Å². The first-order chi connectivity index (χ1) is 10.2. The van der Waals surface area contributed by atoms with Gasteiger partial charge in [0, 0.05) is 31.3 Å². The highest BCUT2D eigenvalue weighted by Crippen LogP contribution is 2.17. The van der Waals surface area contributed by atoms with Gasteiger partial charge in [-0.2, -0.15) is 0 Å². The molecule has 1 unspecified atom stereocenters. The van der Waals surface area contributed by atoms with E-state index in [1.807, 2.05) is 35.7 Å². The Hall–Kier alpha value is -1.76. The molecule has 21 heavy (non-hydrogen) atoms. The van der Waals surface area contributed by atoms with Gasteiger partial charge in [-0.1, -0.05) is 30.3 Å². The molecule has 0 radical (unpaired) electrons. The van der Waals surface area contributed by atoms with Crippen LogP contribution in [0.4, 0.5) is 5.13 Å². The van der Waals surface area contributed by atoms with Crippen LogP contribution in [0.1, 0.15) is 18.0 Å². The maximum absolute atomic E-state index is 12.1. The number of hydrogen-bond acceptors (Lipinski definition) is 5. The van der Waals surface area contributed by atoms with Gasteiger partial charge in [0.05, 0.1) is 6.54 Å². The highest BCUT2D eigenvalue weighted by Gasteiger charge is 2.16. The summed E-state index contributed by atoms with van der Waals surface area (Å²) >= 11 is 1.43. The zero-order valence-electron chi connectivity index (χ0n) is 11.9. The van der Waals surface area contributed by atoms with Crippen molar-refractivity contribution in [2.24, 2.45) is 0 Å². The molecule has 2 N–H and O–H groups in total. The smallest absolute Gasteiger partial charge is 0.242 e. The third kappa shape index (κ3) is 4.35. The number of aliphatic hydroxyl groups is 1. The predicted octanol–water partition coefficient (Wildman–Crippen LogP) is 1.82. The Bertz CT molecular complexity index is 545. The molecule has 0 spiro atoms. The molecular weight excluding hydrogens is 286 g/mol. The minimum Gasteiger partial charge on any atom is -0.396 e. The fourth-order valence-corrected chi connectivity index (χ4v) is 2.64. The Labute approximate surface area is 128 Å². The lowest BCUT2D eigenvalue weighted by Crippen LogP contribution is -2.37. The monoisotopic (exact) mass is 305 g/mol. The molecule has 0 aliphatic rings. The summed E-state index contributed by atoms with van der Waals surface area (Å²) in [5.74, 6) is -0.0520. The van der Waals surface area contributed by atoms with E-state index in [9.17, 15) is 9.90 Å². The van der Waals surface area contributed by atoms with Gasteiger partial charge in [0.2, 0.25) is 5.91 Å². The number of aliphatic hydroxyl groups excluding tert-OH is 1. The number of thiazole rings is 1. The Morgan fingerprint density at radius 3 is 2.81 bits per heavy atom. The average Bonchev–Trinajstić information content (AvgIpc) is 3.05. The van der Waals surface area contributed by atoms with Crippen molar-refractivity contribution in [3.05, 3.63) is 47.5 Å². The molecule has 5 nitrogen and oxygen atoms in total. The van der Waals surface area contributed by atoms with Gasteiger partial charge in [-0.25, -0.2) is 4.98 Å². The Kier molecular flexibility index (Phi) is 5.86. The van der Waals surface area contributed by atoms with Crippen molar-refractivity contribution in [2.75, 3.05) is 25.1 Å². The van der Waals surface area contributed by atoms with Crippen molar-refractivity contribution in [3.8, 4) is 0 Å². The number of likely N-dealkylation sites (N-methyl/N-ethyl adjacent to an activating group) is 1. The maximum Gasteiger partial charge on any atom is 0.242 e. The van der Waals surface area contributed by atoms with Gasteiger partial charge in [0.25, 0.3) is 0 Å². The van der Waals surface area contributed by atoms with Gasteiger partial charge in [-0.05, 0) is 12.0 Å². The summed E-state index contributed by atoms with van der Waals surface area (Å²) in [6.07, 6.45) is 2.24. The molecule has 2 rings (SSSR count). The minimum atomic E-state index is -0.0520. The van der Waals surface area contributed by atoms with Crippen molar-refractivity contribution in [1.29, 1.82) is 0 Å². The highest BCUT2D eigenvalue weighted by atomic mass is 32.1. The van der Waals surface area contributed by atoms with Crippen LogP contribution in [0.2, 0.25) is 0 Å². The quantitative estimate of drug-likeness (QED) is 0.819. The number of nitrogens with one attached hydrogen (secondary N) is 1. The molecule has 6 heteroatoms. The van der Waals surface area contributed by atoms with E-state index in [1.165, 1.54) is 11.3 Å². The zero-order chi connectivity index (χ0) is 15.1. The van der Waals surface area contributed by atoms with Crippen LogP contribution in [0.25, 0.3) is 0 Å². The molecule has 0 saturated heterocycles. The van der Waals surface area contributed by atoms with Gasteiger partial charge >= 0.3 is 0 Å². The first-order valence-electron chi connectivity index (χ1n) is 6.77. The molecule has 112 valence electrons. The summed E-state index contributed by atoms with van der Waals surface area (Å²) in [5, 5.41) is 14.9. The summed E-state index contributed by atoms with van der Waals surface area (Å²) in [7, 11) is 1.71. The predicted molar refractivity (Wildman–Crippen MR) is 84.4 cm³/mol. The molecule has 2 aromatic rings. The topological polar surface area (TPSA) is 65.5 Å². The largest absolute Gasteiger partial charge is 0.396 e. The summed E-state index contributed by atoms with van der Waals surface area (Å²) < 4.78 is 0. The lowest BCUT2D eigenvalue weighted by Gasteiger charge is -2.20. The lowest BCUT2D eigenvalue weighted by atomic mass is 10.0. The van der Waals surface area contributed by atoms with Crippen LogP contribution in [0.15, 0.2) is 41.9 Å². The fraction of sp³-hybridized carbons (Fsp3) is 0.333. The van der Waals surface area contributed by atoms with E-state index in [2.05, 4.69) is 10.3 Å². The highest BCUT2D eigenvalue weighted by molar-refractivity contribution is 7.13. The molecule has 1 amide bonds. The number of benzene rings is 1. The van der Waals surface area contributed by atoms with Crippen LogP contribution in [0.5, 0.6) is 0 Å². The van der Waals surface area contributed by atoms with Gasteiger partial charge in [0.1, 0.15) is 0 Å². The van der Waals surface area contributed by atoms with E-state index in [4.69, 9.17) is 0 Å². The SMILES string of the molecule is CN(C(=O)CNC(CCO)c1ccccc1)c1nccs1. The van der Waals surface area contributed by atoms with Crippen molar-refractivity contribution >= 4 is 22.4 Å². The molecular formula is C15H19N3O2S. The van der Waals surface area contributed by atoms with E-state index < -0.39 is 0 Å². The van der Waals surface area contributed by atoms with Crippen LogP contribution in [0.3, 0.4) is 0 Å². The fourth-order valence-electron chi connectivity index (χ4n) is 2.02. The third-order valence-electron chi connectivity index (χ3n) is 3.20. The van der Waals surface area contributed by atoms with Gasteiger partial charge < -0.3 is 10.4 Å². The van der Waals surface area contributed by atoms with Gasteiger partial charge in [-0.15, -0.1) is 11.3 Å². The second-order valence-electron chi connectivity index (χ2n) is 4.62. The van der Waals surface area contributed by atoms with Crippen LogP contribution >= 0.6 is 11.3 Å². The Morgan fingerprint density at radius 2 is 2.19 bits per heavy atom. The lowest BCUT2D eigenvalue weighted by molar-refractivity contribution is -0.117. The molecule has 0 aliphatic carbocycles. The Balaban J connectivity index is 1.94. The summed E-state index contributed by atoms with van der Waals surface area (Å²) in [6, 6.07) is 9.78. The molecule has 0 fully saturated rings. The summed E-state index contributed by atoms with van der Waals surface area (Å²) in [4.78, 5) is 17.8. The number of rotatable bonds is 7. The zero-order valence-corrected chi connectivity index (χ0v) is 12.7. The second kappa shape index (κ2) is 7.87. The van der Waals surface area contributed by atoms with Gasteiger partial charge in [-0.3, -0.25) is 9.69 Å². The minimum absolute atomic E-state index is 0.0372. The molecule has 0 aliphatic heterocycles. The number of carbonyl (C=O) groups is 1. The number of carbonyl (C=O) groups excluding carboxylic acids is 1. The average molecular weight is 305 g/mol. The van der Waals surface area contributed by atoms with E-state index in [-0.39, 0.29) is 25.1 Å². The summed E-state index contributed by atoms with van der Waals surface area (Å²) in [5.41, 5.74) is 1.07. The van der Waals surface area contributed by atoms with E-state index in [1.54, 1.807) is 18.1 Å². The number of amides is 1. The molecule has 1 aromatic carbocycles. The van der Waals surface area contributed by atoms with Crippen LogP contribution in [-0.2, 0) is 4.79 Å². The molecule has 1 aromatic heterocycles.